The molecule has 1 aliphatic rings. The van der Waals surface area contributed by atoms with Gasteiger partial charge in [0.05, 0.1) is 4.90 Å². The van der Waals surface area contributed by atoms with Gasteiger partial charge in [0.25, 0.3) is 0 Å². The molecule has 4 nitrogen and oxygen atoms in total. The number of sulfonamides is 1. The van der Waals surface area contributed by atoms with E-state index in [1.807, 2.05) is 44.2 Å². The Hall–Kier alpha value is -1.56. The molecule has 0 bridgehead atoms. The molecule has 1 saturated heterocycles. The number of aryl methyl sites for hydroxylation is 2. The fourth-order valence-electron chi connectivity index (χ4n) is 2.95. The highest BCUT2D eigenvalue weighted by molar-refractivity contribution is 7.89. The van der Waals surface area contributed by atoms with Gasteiger partial charge in [0.15, 0.2) is 0 Å². The van der Waals surface area contributed by atoms with Gasteiger partial charge in [-0.2, -0.15) is 4.31 Å². The molecule has 0 saturated carbocycles. The van der Waals surface area contributed by atoms with Gasteiger partial charge in [-0.25, -0.2) is 8.42 Å². The summed E-state index contributed by atoms with van der Waals surface area (Å²) in [7, 11) is -3.42. The Kier molecular flexibility index (Phi) is 4.85. The van der Waals surface area contributed by atoms with E-state index in [2.05, 4.69) is 4.90 Å². The molecular formula is C18H21ClN2O2S. The van der Waals surface area contributed by atoms with Gasteiger partial charge in [-0.1, -0.05) is 35.4 Å². The number of halogens is 1. The van der Waals surface area contributed by atoms with Crippen molar-refractivity contribution in [1.29, 1.82) is 0 Å². The number of hydrogen-bond donors (Lipinski definition) is 0. The quantitative estimate of drug-likeness (QED) is 0.837. The van der Waals surface area contributed by atoms with E-state index in [4.69, 9.17) is 11.6 Å². The molecule has 0 aromatic heterocycles. The summed E-state index contributed by atoms with van der Waals surface area (Å²) >= 11 is 6.10. The van der Waals surface area contributed by atoms with Crippen molar-refractivity contribution in [2.75, 3.05) is 31.1 Å². The highest BCUT2D eigenvalue weighted by Gasteiger charge is 2.28. The third-order valence-electron chi connectivity index (χ3n) is 4.41. The maximum atomic E-state index is 12.7. The lowest BCUT2D eigenvalue weighted by molar-refractivity contribution is 0.385. The Balaban J connectivity index is 1.75. The summed E-state index contributed by atoms with van der Waals surface area (Å²) in [5.74, 6) is 0. The van der Waals surface area contributed by atoms with Gasteiger partial charge >= 0.3 is 0 Å². The third kappa shape index (κ3) is 3.43. The van der Waals surface area contributed by atoms with Gasteiger partial charge in [-0.3, -0.25) is 0 Å². The van der Waals surface area contributed by atoms with Crippen LogP contribution in [0.1, 0.15) is 11.1 Å². The summed E-state index contributed by atoms with van der Waals surface area (Å²) in [6.07, 6.45) is 0. The molecule has 2 aromatic carbocycles. The van der Waals surface area contributed by atoms with Crippen molar-refractivity contribution in [3.63, 3.8) is 0 Å². The zero-order valence-electron chi connectivity index (χ0n) is 13.9. The molecule has 1 aliphatic heterocycles. The van der Waals surface area contributed by atoms with Crippen molar-refractivity contribution >= 4 is 27.3 Å². The molecule has 128 valence electrons. The first kappa shape index (κ1) is 17.3. The molecule has 3 rings (SSSR count). The van der Waals surface area contributed by atoms with E-state index < -0.39 is 10.0 Å². The molecule has 0 aliphatic carbocycles. The van der Waals surface area contributed by atoms with Crippen LogP contribution < -0.4 is 4.90 Å². The Bertz CT molecular complexity index is 827. The molecule has 0 unspecified atom stereocenters. The summed E-state index contributed by atoms with van der Waals surface area (Å²) in [4.78, 5) is 2.56. The van der Waals surface area contributed by atoms with E-state index >= 15 is 0 Å². The molecule has 0 amide bonds. The van der Waals surface area contributed by atoms with E-state index in [0.29, 0.717) is 36.1 Å². The maximum Gasteiger partial charge on any atom is 0.243 e. The third-order valence-corrected chi connectivity index (χ3v) is 6.56. The first-order chi connectivity index (χ1) is 11.4. The van der Waals surface area contributed by atoms with E-state index in [1.54, 1.807) is 16.4 Å². The average molecular weight is 365 g/mol. The Morgan fingerprint density at radius 1 is 0.917 bits per heavy atom. The zero-order chi connectivity index (χ0) is 17.3. The molecule has 6 heteroatoms. The summed E-state index contributed by atoms with van der Waals surface area (Å²) in [5, 5.41) is 0.699. The lowest BCUT2D eigenvalue weighted by Gasteiger charge is -2.36. The normalized spacial score (nSPS) is 16.4. The van der Waals surface area contributed by atoms with Gasteiger partial charge in [-0.15, -0.1) is 0 Å². The number of anilines is 1. The number of benzene rings is 2. The van der Waals surface area contributed by atoms with Crippen LogP contribution in [0.15, 0.2) is 47.4 Å². The summed E-state index contributed by atoms with van der Waals surface area (Å²) in [5.41, 5.74) is 3.28. The lowest BCUT2D eigenvalue weighted by atomic mass is 10.1. The predicted octanol–water partition coefficient (Wildman–Crippen LogP) is 3.47. The highest BCUT2D eigenvalue weighted by atomic mass is 35.5. The minimum Gasteiger partial charge on any atom is -0.369 e. The Morgan fingerprint density at radius 3 is 2.17 bits per heavy atom. The monoisotopic (exact) mass is 364 g/mol. The summed E-state index contributed by atoms with van der Waals surface area (Å²) in [6.45, 7) is 6.26. The lowest BCUT2D eigenvalue weighted by Crippen LogP contribution is -2.48. The molecule has 0 radical (unpaired) electrons. The van der Waals surface area contributed by atoms with Gasteiger partial charge in [0.1, 0.15) is 0 Å². The van der Waals surface area contributed by atoms with Crippen molar-refractivity contribution in [3.8, 4) is 0 Å². The van der Waals surface area contributed by atoms with Crippen LogP contribution >= 0.6 is 11.6 Å². The predicted molar refractivity (Wildman–Crippen MR) is 98.3 cm³/mol. The average Bonchev–Trinajstić information content (AvgIpc) is 2.57. The van der Waals surface area contributed by atoms with Gasteiger partial charge in [-0.05, 0) is 43.7 Å². The number of piperazine rings is 1. The van der Waals surface area contributed by atoms with Crippen molar-refractivity contribution in [1.82, 2.24) is 4.31 Å². The molecule has 24 heavy (non-hydrogen) atoms. The van der Waals surface area contributed by atoms with E-state index in [9.17, 15) is 8.42 Å². The number of hydrogen-bond acceptors (Lipinski definition) is 3. The largest absolute Gasteiger partial charge is 0.369 e. The molecular weight excluding hydrogens is 344 g/mol. The summed E-state index contributed by atoms with van der Waals surface area (Å²) in [6, 6.07) is 12.8. The van der Waals surface area contributed by atoms with Crippen LogP contribution in [0.4, 0.5) is 5.69 Å². The molecule has 0 spiro atoms. The summed E-state index contributed by atoms with van der Waals surface area (Å²) < 4.78 is 27.1. The van der Waals surface area contributed by atoms with Crippen LogP contribution in [0.3, 0.4) is 0 Å². The van der Waals surface area contributed by atoms with Crippen LogP contribution in [-0.2, 0) is 10.0 Å². The minimum absolute atomic E-state index is 0.362. The van der Waals surface area contributed by atoms with Crippen molar-refractivity contribution < 1.29 is 8.42 Å². The molecule has 0 N–H and O–H groups in total. The van der Waals surface area contributed by atoms with Crippen LogP contribution in [0.25, 0.3) is 0 Å². The maximum absolute atomic E-state index is 12.7. The zero-order valence-corrected chi connectivity index (χ0v) is 15.4. The smallest absolute Gasteiger partial charge is 0.243 e. The molecule has 0 atom stereocenters. The standard InChI is InChI=1S/C18H21ClN2O2S/c1-14-3-7-17(8-4-14)24(22,23)21-11-9-20(10-12-21)18-13-16(19)6-5-15(18)2/h3-8,13H,9-12H2,1-2H3. The topological polar surface area (TPSA) is 40.6 Å². The van der Waals surface area contributed by atoms with Crippen LogP contribution in [0.5, 0.6) is 0 Å². The highest BCUT2D eigenvalue weighted by Crippen LogP contribution is 2.26. The van der Waals surface area contributed by atoms with E-state index in [1.165, 1.54) is 0 Å². The van der Waals surface area contributed by atoms with E-state index in [-0.39, 0.29) is 0 Å². The Morgan fingerprint density at radius 2 is 1.54 bits per heavy atom. The fourth-order valence-corrected chi connectivity index (χ4v) is 4.54. The van der Waals surface area contributed by atoms with Gasteiger partial charge in [0.2, 0.25) is 10.0 Å². The fraction of sp³-hybridized carbons (Fsp3) is 0.333. The Labute approximate surface area is 148 Å². The van der Waals surface area contributed by atoms with Crippen LogP contribution in [0.2, 0.25) is 5.02 Å². The molecule has 2 aromatic rings. The number of nitrogens with zero attached hydrogens (tertiary/aromatic N) is 2. The van der Waals surface area contributed by atoms with E-state index in [0.717, 1.165) is 16.8 Å². The second-order valence-electron chi connectivity index (χ2n) is 6.13. The first-order valence-corrected chi connectivity index (χ1v) is 9.77. The minimum atomic E-state index is -3.42. The molecule has 1 fully saturated rings. The molecule has 1 heterocycles. The number of rotatable bonds is 3. The van der Waals surface area contributed by atoms with Crippen molar-refractivity contribution in [2.24, 2.45) is 0 Å². The SMILES string of the molecule is Cc1ccc(S(=O)(=O)N2CCN(c3cc(Cl)ccc3C)CC2)cc1. The van der Waals surface area contributed by atoms with Crippen LogP contribution in [0, 0.1) is 13.8 Å². The van der Waals surface area contributed by atoms with Crippen LogP contribution in [-0.4, -0.2) is 38.9 Å². The van der Waals surface area contributed by atoms with Crippen molar-refractivity contribution in [2.45, 2.75) is 18.7 Å². The first-order valence-electron chi connectivity index (χ1n) is 7.96. The second kappa shape index (κ2) is 6.75. The van der Waals surface area contributed by atoms with Crippen molar-refractivity contribution in [3.05, 3.63) is 58.6 Å². The van der Waals surface area contributed by atoms with Gasteiger partial charge in [0, 0.05) is 36.9 Å². The van der Waals surface area contributed by atoms with Gasteiger partial charge < -0.3 is 4.90 Å². The second-order valence-corrected chi connectivity index (χ2v) is 8.51.